The number of nitrogens with one attached hydrogen (secondary N) is 1. The zero-order chi connectivity index (χ0) is 18.5. The van der Waals surface area contributed by atoms with Gasteiger partial charge in [0, 0.05) is 25.0 Å². The number of likely N-dealkylation sites (tertiary alicyclic amines) is 1. The van der Waals surface area contributed by atoms with Crippen molar-refractivity contribution in [2.45, 2.75) is 69.7 Å². The summed E-state index contributed by atoms with van der Waals surface area (Å²) in [6, 6.07) is 6.82. The maximum atomic E-state index is 12.3. The van der Waals surface area contributed by atoms with Gasteiger partial charge in [0.15, 0.2) is 0 Å². The van der Waals surface area contributed by atoms with Crippen LogP contribution in [0.4, 0.5) is 0 Å². The molecule has 1 amide bonds. The first-order valence-electron chi connectivity index (χ1n) is 9.08. The molecule has 2 rings (SSSR count). The highest BCUT2D eigenvalue weighted by Gasteiger charge is 2.22. The van der Waals surface area contributed by atoms with Gasteiger partial charge >= 0.3 is 0 Å². The minimum absolute atomic E-state index is 0.202. The van der Waals surface area contributed by atoms with E-state index in [1.807, 2.05) is 25.7 Å². The Labute approximate surface area is 151 Å². The van der Waals surface area contributed by atoms with E-state index in [4.69, 9.17) is 0 Å². The predicted molar refractivity (Wildman–Crippen MR) is 99.9 cm³/mol. The molecule has 6 heteroatoms. The lowest BCUT2D eigenvalue weighted by Gasteiger charge is -2.21. The number of sulfonamides is 1. The summed E-state index contributed by atoms with van der Waals surface area (Å²) < 4.78 is 27.2. The molecule has 0 bridgehead atoms. The van der Waals surface area contributed by atoms with Crippen LogP contribution in [0.2, 0.25) is 0 Å². The lowest BCUT2D eigenvalue weighted by atomic mass is 10.1. The zero-order valence-electron chi connectivity index (χ0n) is 15.5. The Kier molecular flexibility index (Phi) is 6.63. The second kappa shape index (κ2) is 8.32. The molecule has 0 radical (unpaired) electrons. The van der Waals surface area contributed by atoms with Gasteiger partial charge in [0.1, 0.15) is 0 Å². The van der Waals surface area contributed by atoms with Crippen molar-refractivity contribution >= 4 is 15.9 Å². The Hall–Kier alpha value is -1.40. The van der Waals surface area contributed by atoms with Crippen LogP contribution in [-0.4, -0.2) is 37.9 Å². The van der Waals surface area contributed by atoms with Crippen LogP contribution in [0.1, 0.15) is 58.4 Å². The molecular formula is C19H30N2O3S. The summed E-state index contributed by atoms with van der Waals surface area (Å²) in [5.74, 6) is 0.202. The van der Waals surface area contributed by atoms with E-state index >= 15 is 0 Å². The molecule has 25 heavy (non-hydrogen) atoms. The van der Waals surface area contributed by atoms with Crippen molar-refractivity contribution in [3.8, 4) is 0 Å². The van der Waals surface area contributed by atoms with E-state index in [0.29, 0.717) is 12.8 Å². The fourth-order valence-corrected chi connectivity index (χ4v) is 4.45. The zero-order valence-corrected chi connectivity index (χ0v) is 16.4. The predicted octanol–water partition coefficient (Wildman–Crippen LogP) is 3.10. The number of hydrogen-bond donors (Lipinski definition) is 1. The van der Waals surface area contributed by atoms with Crippen LogP contribution in [0, 0.1) is 0 Å². The van der Waals surface area contributed by atoms with Gasteiger partial charge in [-0.1, -0.05) is 25.0 Å². The summed E-state index contributed by atoms with van der Waals surface area (Å²) in [5.41, 5.74) is 0.467. The molecule has 1 heterocycles. The largest absolute Gasteiger partial charge is 0.343 e. The van der Waals surface area contributed by atoms with Gasteiger partial charge in [-0.05, 0) is 57.7 Å². The third kappa shape index (κ3) is 6.44. The molecule has 0 aromatic heterocycles. The summed E-state index contributed by atoms with van der Waals surface area (Å²) in [6.07, 6.45) is 5.73. The number of carbonyl (C=O) groups excluding carboxylic acids is 1. The quantitative estimate of drug-likeness (QED) is 0.871. The smallest absolute Gasteiger partial charge is 0.241 e. The van der Waals surface area contributed by atoms with Crippen molar-refractivity contribution < 1.29 is 13.2 Å². The van der Waals surface area contributed by atoms with E-state index in [9.17, 15) is 13.2 Å². The fraction of sp³-hybridized carbons (Fsp3) is 0.632. The number of nitrogens with zero attached hydrogens (tertiary/aromatic N) is 1. The first kappa shape index (κ1) is 19.9. The lowest BCUT2D eigenvalue weighted by Crippen LogP contribution is -2.40. The van der Waals surface area contributed by atoms with Gasteiger partial charge in [0.05, 0.1) is 4.90 Å². The molecule has 0 aliphatic carbocycles. The Morgan fingerprint density at radius 3 is 2.12 bits per heavy atom. The summed E-state index contributed by atoms with van der Waals surface area (Å²) in [6.45, 7) is 7.18. The van der Waals surface area contributed by atoms with Crippen LogP contribution in [0.15, 0.2) is 29.2 Å². The highest BCUT2D eigenvalue weighted by molar-refractivity contribution is 7.89. The van der Waals surface area contributed by atoms with Crippen molar-refractivity contribution in [3.63, 3.8) is 0 Å². The molecule has 1 N–H and O–H groups in total. The molecule has 1 aromatic carbocycles. The second-order valence-corrected chi connectivity index (χ2v) is 9.48. The van der Waals surface area contributed by atoms with Gasteiger partial charge in [-0.15, -0.1) is 0 Å². The molecular weight excluding hydrogens is 336 g/mol. The Morgan fingerprint density at radius 1 is 1.04 bits per heavy atom. The SMILES string of the molecule is CC(C)(C)NS(=O)(=O)c1ccc(CCC(=O)N2CCCCCC2)cc1. The number of hydrogen-bond acceptors (Lipinski definition) is 3. The van der Waals surface area contributed by atoms with Crippen LogP contribution in [-0.2, 0) is 21.2 Å². The van der Waals surface area contributed by atoms with E-state index in [1.54, 1.807) is 24.3 Å². The molecule has 140 valence electrons. The highest BCUT2D eigenvalue weighted by atomic mass is 32.2. The molecule has 0 unspecified atom stereocenters. The van der Waals surface area contributed by atoms with Crippen molar-refractivity contribution in [3.05, 3.63) is 29.8 Å². The van der Waals surface area contributed by atoms with Crippen LogP contribution >= 0.6 is 0 Å². The molecule has 1 aliphatic rings. The van der Waals surface area contributed by atoms with Crippen LogP contribution in [0.5, 0.6) is 0 Å². The van der Waals surface area contributed by atoms with Gasteiger partial charge in [-0.25, -0.2) is 13.1 Å². The van der Waals surface area contributed by atoms with Crippen molar-refractivity contribution in [2.75, 3.05) is 13.1 Å². The monoisotopic (exact) mass is 366 g/mol. The Balaban J connectivity index is 1.93. The van der Waals surface area contributed by atoms with Gasteiger partial charge in [0.2, 0.25) is 15.9 Å². The van der Waals surface area contributed by atoms with Crippen molar-refractivity contribution in [1.29, 1.82) is 0 Å². The maximum Gasteiger partial charge on any atom is 0.241 e. The molecule has 0 spiro atoms. The lowest BCUT2D eigenvalue weighted by molar-refractivity contribution is -0.131. The first-order chi connectivity index (χ1) is 11.7. The van der Waals surface area contributed by atoms with Gasteiger partial charge in [-0.3, -0.25) is 4.79 Å². The Bertz CT molecular complexity index is 668. The van der Waals surface area contributed by atoms with Crippen molar-refractivity contribution in [1.82, 2.24) is 9.62 Å². The van der Waals surface area contributed by atoms with Gasteiger partial charge < -0.3 is 4.90 Å². The van der Waals surface area contributed by atoms with E-state index in [2.05, 4.69) is 4.72 Å². The summed E-state index contributed by atoms with van der Waals surface area (Å²) in [5, 5.41) is 0. The topological polar surface area (TPSA) is 66.5 Å². The number of rotatable bonds is 5. The van der Waals surface area contributed by atoms with Crippen molar-refractivity contribution in [2.24, 2.45) is 0 Å². The maximum absolute atomic E-state index is 12.3. The number of amides is 1. The number of benzene rings is 1. The first-order valence-corrected chi connectivity index (χ1v) is 10.6. The molecule has 0 saturated carbocycles. The number of carbonyl (C=O) groups is 1. The average molecular weight is 367 g/mol. The summed E-state index contributed by atoms with van der Waals surface area (Å²) >= 11 is 0. The Morgan fingerprint density at radius 2 is 1.60 bits per heavy atom. The van der Waals surface area contributed by atoms with Crippen LogP contribution in [0.25, 0.3) is 0 Å². The molecule has 1 aliphatic heterocycles. The molecule has 0 atom stereocenters. The third-order valence-corrected chi connectivity index (χ3v) is 6.03. The minimum Gasteiger partial charge on any atom is -0.343 e. The van der Waals surface area contributed by atoms with Crippen LogP contribution in [0.3, 0.4) is 0 Å². The molecule has 1 fully saturated rings. The van der Waals surface area contributed by atoms with E-state index in [-0.39, 0.29) is 10.8 Å². The molecule has 1 saturated heterocycles. The second-order valence-electron chi connectivity index (χ2n) is 7.79. The third-order valence-electron chi connectivity index (χ3n) is 4.26. The molecule has 1 aromatic rings. The van der Waals surface area contributed by atoms with E-state index in [0.717, 1.165) is 31.5 Å². The fourth-order valence-electron chi connectivity index (χ4n) is 3.03. The normalized spacial score (nSPS) is 16.5. The standard InChI is InChI=1S/C19H30N2O3S/c1-19(2,3)20-25(23,24)17-11-8-16(9-12-17)10-13-18(22)21-14-6-4-5-7-15-21/h8-9,11-12,20H,4-7,10,13-15H2,1-3H3. The van der Waals surface area contributed by atoms with E-state index < -0.39 is 15.6 Å². The number of aryl methyl sites for hydroxylation is 1. The van der Waals surface area contributed by atoms with E-state index in [1.165, 1.54) is 12.8 Å². The summed E-state index contributed by atoms with van der Waals surface area (Å²) in [7, 11) is -3.51. The highest BCUT2D eigenvalue weighted by Crippen LogP contribution is 2.16. The summed E-state index contributed by atoms with van der Waals surface area (Å²) in [4.78, 5) is 14.6. The molecule has 5 nitrogen and oxygen atoms in total. The minimum atomic E-state index is -3.51. The van der Waals surface area contributed by atoms with Gasteiger partial charge in [-0.2, -0.15) is 0 Å². The average Bonchev–Trinajstić information content (AvgIpc) is 2.80. The van der Waals surface area contributed by atoms with Gasteiger partial charge in [0.25, 0.3) is 0 Å². The van der Waals surface area contributed by atoms with Crippen LogP contribution < -0.4 is 4.72 Å².